The van der Waals surface area contributed by atoms with Crippen LogP contribution in [0.3, 0.4) is 0 Å². The highest BCUT2D eigenvalue weighted by atomic mass is 32.1. The number of rotatable bonds is 3. The summed E-state index contributed by atoms with van der Waals surface area (Å²) >= 11 is 1.62. The molecule has 0 aliphatic heterocycles. The zero-order valence-electron chi connectivity index (χ0n) is 15.4. The van der Waals surface area contributed by atoms with E-state index in [0.717, 1.165) is 37.6 Å². The first kappa shape index (κ1) is 17.7. The molecule has 0 aliphatic rings. The third-order valence-corrected chi connectivity index (χ3v) is 5.85. The number of hydrogen-bond acceptors (Lipinski definition) is 3. The Kier molecular flexibility index (Phi) is 4.21. The van der Waals surface area contributed by atoms with Crippen molar-refractivity contribution >= 4 is 22.2 Å². The molecular formula is C23H15F2N3S. The predicted molar refractivity (Wildman–Crippen MR) is 113 cm³/mol. The lowest BCUT2D eigenvalue weighted by atomic mass is 10.1. The van der Waals surface area contributed by atoms with Crippen LogP contribution >= 0.6 is 11.3 Å². The van der Waals surface area contributed by atoms with Crippen molar-refractivity contribution in [2.75, 3.05) is 0 Å². The summed E-state index contributed by atoms with van der Waals surface area (Å²) < 4.78 is 28.3. The Labute approximate surface area is 169 Å². The van der Waals surface area contributed by atoms with E-state index in [1.807, 2.05) is 37.3 Å². The predicted octanol–water partition coefficient (Wildman–Crippen LogP) is 6.61. The Bertz CT molecular complexity index is 1320. The van der Waals surface area contributed by atoms with Crippen LogP contribution in [-0.4, -0.2) is 15.0 Å². The number of H-pyrrole nitrogens is 1. The van der Waals surface area contributed by atoms with Gasteiger partial charge < -0.3 is 4.98 Å². The van der Waals surface area contributed by atoms with Gasteiger partial charge in [0, 0.05) is 39.3 Å². The summed E-state index contributed by atoms with van der Waals surface area (Å²) in [6.07, 6.45) is 3.54. The largest absolute Gasteiger partial charge is 0.354 e. The molecule has 3 nitrogen and oxygen atoms in total. The maximum Gasteiger partial charge on any atom is 0.135 e. The Morgan fingerprint density at radius 1 is 0.931 bits per heavy atom. The highest BCUT2D eigenvalue weighted by molar-refractivity contribution is 7.15. The number of aryl methyl sites for hydroxylation is 1. The topological polar surface area (TPSA) is 41.6 Å². The number of pyridine rings is 1. The van der Waals surface area contributed by atoms with Crippen molar-refractivity contribution in [1.29, 1.82) is 0 Å². The molecule has 5 rings (SSSR count). The van der Waals surface area contributed by atoms with Crippen molar-refractivity contribution < 1.29 is 8.78 Å². The zero-order valence-corrected chi connectivity index (χ0v) is 16.2. The van der Waals surface area contributed by atoms with E-state index in [4.69, 9.17) is 4.98 Å². The molecule has 2 aromatic carbocycles. The summed E-state index contributed by atoms with van der Waals surface area (Å²) in [4.78, 5) is 13.2. The van der Waals surface area contributed by atoms with Crippen molar-refractivity contribution in [3.63, 3.8) is 0 Å². The average molecular weight is 403 g/mol. The summed E-state index contributed by atoms with van der Waals surface area (Å²) in [6.45, 7) is 2.04. The number of benzene rings is 2. The maximum atomic E-state index is 14.2. The fourth-order valence-electron chi connectivity index (χ4n) is 3.45. The van der Waals surface area contributed by atoms with E-state index in [-0.39, 0.29) is 5.56 Å². The van der Waals surface area contributed by atoms with Gasteiger partial charge in [0.1, 0.15) is 16.6 Å². The van der Waals surface area contributed by atoms with Gasteiger partial charge >= 0.3 is 0 Å². The SMILES string of the molecule is Cc1sc(-c2cccnc2)nc1-c1ccc2[nH]c(-c3c(F)cccc3F)cc2c1. The van der Waals surface area contributed by atoms with E-state index in [1.54, 1.807) is 29.8 Å². The fraction of sp³-hybridized carbons (Fsp3) is 0.0435. The number of hydrogen-bond donors (Lipinski definition) is 1. The van der Waals surface area contributed by atoms with E-state index >= 15 is 0 Å². The molecule has 0 unspecified atom stereocenters. The van der Waals surface area contributed by atoms with Crippen molar-refractivity contribution in [2.24, 2.45) is 0 Å². The third-order valence-electron chi connectivity index (χ3n) is 4.83. The van der Waals surface area contributed by atoms with E-state index in [9.17, 15) is 8.78 Å². The van der Waals surface area contributed by atoms with Gasteiger partial charge in [-0.25, -0.2) is 13.8 Å². The third kappa shape index (κ3) is 3.11. The number of aromatic amines is 1. The number of nitrogens with zero attached hydrogens (tertiary/aromatic N) is 2. The second kappa shape index (κ2) is 6.90. The molecule has 29 heavy (non-hydrogen) atoms. The molecule has 5 aromatic rings. The van der Waals surface area contributed by atoms with Crippen molar-refractivity contribution in [3.8, 4) is 33.1 Å². The van der Waals surface area contributed by atoms with Gasteiger partial charge in [0.05, 0.1) is 17.0 Å². The van der Waals surface area contributed by atoms with Crippen LogP contribution in [0.5, 0.6) is 0 Å². The standard InChI is InChI=1S/C23H15F2N3S/c1-13-22(28-23(29-13)15-4-3-9-26-12-15)14-7-8-19-16(10-14)11-20(27-19)21-17(24)5-2-6-18(21)25/h2-12,27H,1H3. The minimum Gasteiger partial charge on any atom is -0.354 e. The van der Waals surface area contributed by atoms with E-state index < -0.39 is 11.6 Å². The zero-order chi connectivity index (χ0) is 20.0. The van der Waals surface area contributed by atoms with Gasteiger partial charge in [-0.2, -0.15) is 0 Å². The minimum atomic E-state index is -0.590. The van der Waals surface area contributed by atoms with Gasteiger partial charge in [-0.15, -0.1) is 11.3 Å². The average Bonchev–Trinajstić information content (AvgIpc) is 3.31. The summed E-state index contributed by atoms with van der Waals surface area (Å²) in [5, 5.41) is 1.78. The normalized spacial score (nSPS) is 11.3. The lowest BCUT2D eigenvalue weighted by molar-refractivity contribution is 0.589. The number of aromatic nitrogens is 3. The van der Waals surface area contributed by atoms with E-state index in [2.05, 4.69) is 9.97 Å². The molecule has 0 spiro atoms. The van der Waals surface area contributed by atoms with Crippen LogP contribution in [0.4, 0.5) is 8.78 Å². The van der Waals surface area contributed by atoms with Crippen LogP contribution < -0.4 is 0 Å². The van der Waals surface area contributed by atoms with Gasteiger partial charge in [-0.1, -0.05) is 12.1 Å². The van der Waals surface area contributed by atoms with Crippen molar-refractivity contribution in [2.45, 2.75) is 6.92 Å². The first-order chi connectivity index (χ1) is 14.1. The van der Waals surface area contributed by atoms with Crippen LogP contribution in [0, 0.1) is 18.6 Å². The molecule has 142 valence electrons. The lowest BCUT2D eigenvalue weighted by Crippen LogP contribution is -1.89. The van der Waals surface area contributed by atoms with Gasteiger partial charge in [-0.05, 0) is 49.4 Å². The molecule has 0 bridgehead atoms. The Morgan fingerprint density at radius 2 is 1.76 bits per heavy atom. The molecule has 0 saturated carbocycles. The van der Waals surface area contributed by atoms with Gasteiger partial charge in [0.2, 0.25) is 0 Å². The van der Waals surface area contributed by atoms with Crippen LogP contribution in [0.25, 0.3) is 44.0 Å². The lowest BCUT2D eigenvalue weighted by Gasteiger charge is -2.01. The molecule has 6 heteroatoms. The van der Waals surface area contributed by atoms with E-state index in [1.165, 1.54) is 18.2 Å². The molecular weight excluding hydrogens is 388 g/mol. The van der Waals surface area contributed by atoms with Crippen LogP contribution in [-0.2, 0) is 0 Å². The molecule has 0 fully saturated rings. The van der Waals surface area contributed by atoms with Gasteiger partial charge in [-0.3, -0.25) is 4.98 Å². The molecule has 3 heterocycles. The van der Waals surface area contributed by atoms with Crippen LogP contribution in [0.1, 0.15) is 4.88 Å². The van der Waals surface area contributed by atoms with Crippen molar-refractivity contribution in [3.05, 3.63) is 83.5 Å². The fourth-order valence-corrected chi connectivity index (χ4v) is 4.37. The number of fused-ring (bicyclic) bond motifs is 1. The highest BCUT2D eigenvalue weighted by Gasteiger charge is 2.15. The smallest absolute Gasteiger partial charge is 0.135 e. The first-order valence-corrected chi connectivity index (χ1v) is 9.87. The van der Waals surface area contributed by atoms with Gasteiger partial charge in [0.15, 0.2) is 0 Å². The quantitative estimate of drug-likeness (QED) is 0.368. The number of halogens is 2. The summed E-state index contributed by atoms with van der Waals surface area (Å²) in [5.74, 6) is -1.18. The first-order valence-electron chi connectivity index (χ1n) is 9.05. The maximum absolute atomic E-state index is 14.2. The number of thiazole rings is 1. The van der Waals surface area contributed by atoms with Gasteiger partial charge in [0.25, 0.3) is 0 Å². The van der Waals surface area contributed by atoms with E-state index in [0.29, 0.717) is 5.69 Å². The van der Waals surface area contributed by atoms with Crippen LogP contribution in [0.2, 0.25) is 0 Å². The number of nitrogens with one attached hydrogen (secondary N) is 1. The second-order valence-electron chi connectivity index (χ2n) is 6.75. The van der Waals surface area contributed by atoms with Crippen LogP contribution in [0.15, 0.2) is 67.0 Å². The van der Waals surface area contributed by atoms with Crippen molar-refractivity contribution in [1.82, 2.24) is 15.0 Å². The Morgan fingerprint density at radius 3 is 2.52 bits per heavy atom. The summed E-state index contributed by atoms with van der Waals surface area (Å²) in [6, 6.07) is 15.4. The molecule has 0 saturated heterocycles. The second-order valence-corrected chi connectivity index (χ2v) is 7.95. The minimum absolute atomic E-state index is 0.0473. The molecule has 0 radical (unpaired) electrons. The monoisotopic (exact) mass is 403 g/mol. The molecule has 1 N–H and O–H groups in total. The molecule has 0 aliphatic carbocycles. The molecule has 0 amide bonds. The summed E-state index contributed by atoms with van der Waals surface area (Å²) in [5.41, 5.74) is 4.02. The Balaban J connectivity index is 1.59. The summed E-state index contributed by atoms with van der Waals surface area (Å²) in [7, 11) is 0. The Hall–Kier alpha value is -3.38. The highest BCUT2D eigenvalue weighted by Crippen LogP contribution is 2.35. The molecule has 3 aromatic heterocycles. The molecule has 0 atom stereocenters.